The lowest BCUT2D eigenvalue weighted by atomic mass is 10.2. The van der Waals surface area contributed by atoms with Crippen molar-refractivity contribution in [2.24, 2.45) is 4.99 Å². The van der Waals surface area contributed by atoms with Crippen LogP contribution < -0.4 is 0 Å². The molecule has 0 radical (unpaired) electrons. The van der Waals surface area contributed by atoms with Crippen LogP contribution in [0.3, 0.4) is 0 Å². The second-order valence-corrected chi connectivity index (χ2v) is 4.47. The van der Waals surface area contributed by atoms with Crippen LogP contribution in [0.25, 0.3) is 0 Å². The Bertz CT molecular complexity index is 636. The molecule has 0 saturated heterocycles. The predicted octanol–water partition coefficient (Wildman–Crippen LogP) is 4.31. The number of aryl methyl sites for hydroxylation is 1. The maximum Gasteiger partial charge on any atom is 0.274 e. The van der Waals surface area contributed by atoms with E-state index in [1.54, 1.807) is 37.4 Å². The third-order valence-corrected chi connectivity index (χ3v) is 2.87. The Morgan fingerprint density at radius 2 is 1.89 bits per heavy atom. The molecule has 2 rings (SSSR count). The molecule has 2 aromatic carbocycles. The van der Waals surface area contributed by atoms with Gasteiger partial charge in [0, 0.05) is 22.9 Å². The summed E-state index contributed by atoms with van der Waals surface area (Å²) in [7, 11) is 0. The summed E-state index contributed by atoms with van der Waals surface area (Å²) < 4.78 is 0. The van der Waals surface area contributed by atoms with Gasteiger partial charge in [-0.2, -0.15) is 0 Å². The van der Waals surface area contributed by atoms with E-state index in [1.165, 1.54) is 6.07 Å². The molecule has 0 unspecified atom stereocenters. The molecule has 96 valence electrons. The number of hydrogen-bond donors (Lipinski definition) is 0. The molecular weight excluding hydrogens is 264 g/mol. The van der Waals surface area contributed by atoms with Crippen molar-refractivity contribution in [2.75, 3.05) is 0 Å². The third-order valence-electron chi connectivity index (χ3n) is 2.62. The SMILES string of the molecule is Cc1ccc(N=Cc2ccc(Cl)cc2)cc1[N+](=O)[O-]. The van der Waals surface area contributed by atoms with Gasteiger partial charge in [0.05, 0.1) is 10.6 Å². The first kappa shape index (κ1) is 13.2. The van der Waals surface area contributed by atoms with E-state index in [2.05, 4.69) is 4.99 Å². The Balaban J connectivity index is 2.26. The van der Waals surface area contributed by atoms with Crippen LogP contribution >= 0.6 is 11.6 Å². The molecule has 0 N–H and O–H groups in total. The molecule has 4 nitrogen and oxygen atoms in total. The first-order valence-electron chi connectivity index (χ1n) is 5.61. The summed E-state index contributed by atoms with van der Waals surface area (Å²) in [6, 6.07) is 12.1. The van der Waals surface area contributed by atoms with Gasteiger partial charge in [-0.1, -0.05) is 29.8 Å². The van der Waals surface area contributed by atoms with Crippen molar-refractivity contribution < 1.29 is 4.92 Å². The van der Waals surface area contributed by atoms with Gasteiger partial charge in [-0.3, -0.25) is 15.1 Å². The molecule has 0 aliphatic heterocycles. The second kappa shape index (κ2) is 5.63. The van der Waals surface area contributed by atoms with Gasteiger partial charge in [-0.05, 0) is 30.7 Å². The number of nitro groups is 1. The molecule has 0 atom stereocenters. The number of nitro benzene ring substituents is 1. The quantitative estimate of drug-likeness (QED) is 0.476. The summed E-state index contributed by atoms with van der Waals surface area (Å²) in [5, 5.41) is 11.5. The molecule has 0 saturated carbocycles. The van der Waals surface area contributed by atoms with E-state index in [-0.39, 0.29) is 5.69 Å². The minimum Gasteiger partial charge on any atom is -0.258 e. The van der Waals surface area contributed by atoms with Crippen molar-refractivity contribution in [1.82, 2.24) is 0 Å². The van der Waals surface area contributed by atoms with Crippen molar-refractivity contribution in [2.45, 2.75) is 6.92 Å². The Morgan fingerprint density at radius 3 is 2.53 bits per heavy atom. The highest BCUT2D eigenvalue weighted by Gasteiger charge is 2.10. The molecular formula is C14H11ClN2O2. The van der Waals surface area contributed by atoms with Crippen LogP contribution in [0.5, 0.6) is 0 Å². The highest BCUT2D eigenvalue weighted by molar-refractivity contribution is 6.30. The molecule has 0 aromatic heterocycles. The summed E-state index contributed by atoms with van der Waals surface area (Å²) in [5.74, 6) is 0. The van der Waals surface area contributed by atoms with Crippen LogP contribution in [-0.4, -0.2) is 11.1 Å². The van der Waals surface area contributed by atoms with E-state index in [0.717, 1.165) is 5.56 Å². The van der Waals surface area contributed by atoms with Crippen LogP contribution in [-0.2, 0) is 0 Å². The van der Waals surface area contributed by atoms with Gasteiger partial charge in [-0.25, -0.2) is 0 Å². The summed E-state index contributed by atoms with van der Waals surface area (Å²) in [6.07, 6.45) is 1.64. The third kappa shape index (κ3) is 3.39. The zero-order valence-electron chi connectivity index (χ0n) is 10.2. The van der Waals surface area contributed by atoms with E-state index < -0.39 is 4.92 Å². The highest BCUT2D eigenvalue weighted by Crippen LogP contribution is 2.24. The fourth-order valence-electron chi connectivity index (χ4n) is 1.57. The molecule has 2 aromatic rings. The van der Waals surface area contributed by atoms with Crippen molar-refractivity contribution in [3.63, 3.8) is 0 Å². The Kier molecular flexibility index (Phi) is 3.92. The summed E-state index contributed by atoms with van der Waals surface area (Å²) in [5.41, 5.74) is 2.13. The lowest BCUT2D eigenvalue weighted by Crippen LogP contribution is -1.90. The molecule has 0 fully saturated rings. The number of rotatable bonds is 3. The Hall–Kier alpha value is -2.20. The smallest absolute Gasteiger partial charge is 0.258 e. The van der Waals surface area contributed by atoms with Crippen molar-refractivity contribution in [1.29, 1.82) is 0 Å². The van der Waals surface area contributed by atoms with E-state index >= 15 is 0 Å². The lowest BCUT2D eigenvalue weighted by molar-refractivity contribution is -0.385. The van der Waals surface area contributed by atoms with E-state index in [1.807, 2.05) is 12.1 Å². The molecule has 0 spiro atoms. The molecule has 0 aliphatic rings. The van der Waals surface area contributed by atoms with E-state index in [4.69, 9.17) is 11.6 Å². The molecule has 0 heterocycles. The number of nitrogens with zero attached hydrogens (tertiary/aromatic N) is 2. The van der Waals surface area contributed by atoms with E-state index in [0.29, 0.717) is 16.3 Å². The minimum atomic E-state index is -0.406. The van der Waals surface area contributed by atoms with Crippen molar-refractivity contribution in [3.8, 4) is 0 Å². The normalized spacial score (nSPS) is 10.8. The predicted molar refractivity (Wildman–Crippen MR) is 76.5 cm³/mol. The van der Waals surface area contributed by atoms with Gasteiger partial charge in [-0.15, -0.1) is 0 Å². The highest BCUT2D eigenvalue weighted by atomic mass is 35.5. The van der Waals surface area contributed by atoms with Crippen LogP contribution in [0, 0.1) is 17.0 Å². The van der Waals surface area contributed by atoms with Crippen LogP contribution in [0.2, 0.25) is 5.02 Å². The maximum absolute atomic E-state index is 10.8. The van der Waals surface area contributed by atoms with Gasteiger partial charge < -0.3 is 0 Å². The largest absolute Gasteiger partial charge is 0.274 e. The lowest BCUT2D eigenvalue weighted by Gasteiger charge is -1.98. The zero-order chi connectivity index (χ0) is 13.8. The average Bonchev–Trinajstić information content (AvgIpc) is 2.39. The molecule has 5 heteroatoms. The fourth-order valence-corrected chi connectivity index (χ4v) is 1.70. The number of hydrogen-bond acceptors (Lipinski definition) is 3. The second-order valence-electron chi connectivity index (χ2n) is 4.04. The van der Waals surface area contributed by atoms with Gasteiger partial charge in [0.2, 0.25) is 0 Å². The molecule has 0 aliphatic carbocycles. The minimum absolute atomic E-state index is 0.0748. The van der Waals surface area contributed by atoms with Gasteiger partial charge in [0.15, 0.2) is 0 Å². The topological polar surface area (TPSA) is 55.5 Å². The number of aliphatic imine (C=N–C) groups is 1. The summed E-state index contributed by atoms with van der Waals surface area (Å²) in [6.45, 7) is 1.70. The average molecular weight is 275 g/mol. The molecule has 0 bridgehead atoms. The first-order valence-corrected chi connectivity index (χ1v) is 5.99. The van der Waals surface area contributed by atoms with Gasteiger partial charge in [0.25, 0.3) is 5.69 Å². The monoisotopic (exact) mass is 274 g/mol. The van der Waals surface area contributed by atoms with Gasteiger partial charge in [0.1, 0.15) is 0 Å². The maximum atomic E-state index is 10.8. The van der Waals surface area contributed by atoms with Crippen molar-refractivity contribution in [3.05, 3.63) is 68.7 Å². The number of benzene rings is 2. The summed E-state index contributed by atoms with van der Waals surface area (Å²) >= 11 is 5.78. The summed E-state index contributed by atoms with van der Waals surface area (Å²) in [4.78, 5) is 14.6. The molecule has 19 heavy (non-hydrogen) atoms. The fraction of sp³-hybridized carbons (Fsp3) is 0.0714. The van der Waals surface area contributed by atoms with Crippen LogP contribution in [0.4, 0.5) is 11.4 Å². The Morgan fingerprint density at radius 1 is 1.21 bits per heavy atom. The molecule has 0 amide bonds. The first-order chi connectivity index (χ1) is 9.06. The van der Waals surface area contributed by atoms with Crippen LogP contribution in [0.1, 0.15) is 11.1 Å². The Labute approximate surface area is 115 Å². The number of halogens is 1. The van der Waals surface area contributed by atoms with Gasteiger partial charge >= 0.3 is 0 Å². The van der Waals surface area contributed by atoms with Crippen LogP contribution in [0.15, 0.2) is 47.5 Å². The van der Waals surface area contributed by atoms with Crippen molar-refractivity contribution >= 4 is 29.2 Å². The zero-order valence-corrected chi connectivity index (χ0v) is 11.0. The van der Waals surface area contributed by atoms with E-state index in [9.17, 15) is 10.1 Å². The standard InChI is InChI=1S/C14H11ClN2O2/c1-10-2-7-13(8-14(10)17(18)19)16-9-11-3-5-12(15)6-4-11/h2-9H,1H3.